The normalized spacial score (nSPS) is 11.3. The van der Waals surface area contributed by atoms with Crippen LogP contribution in [0.4, 0.5) is 10.2 Å². The third-order valence-corrected chi connectivity index (χ3v) is 3.87. The molecule has 108 valence electrons. The Kier molecular flexibility index (Phi) is 4.48. The highest BCUT2D eigenvalue weighted by atomic mass is 79.9. The van der Waals surface area contributed by atoms with Crippen LogP contribution in [0, 0.1) is 5.82 Å². The number of rotatable bonds is 4. The first-order chi connectivity index (χ1) is 9.45. The maximum atomic E-state index is 13.5. The summed E-state index contributed by atoms with van der Waals surface area (Å²) in [4.78, 5) is 4.64. The molecule has 2 aromatic rings. The van der Waals surface area contributed by atoms with Gasteiger partial charge in [0.05, 0.1) is 0 Å². The van der Waals surface area contributed by atoms with Crippen molar-refractivity contribution in [2.24, 2.45) is 0 Å². The molecular weight excluding hydrogens is 321 g/mol. The molecule has 0 aliphatic heterocycles. The van der Waals surface area contributed by atoms with E-state index in [9.17, 15) is 4.39 Å². The fourth-order valence-electron chi connectivity index (χ4n) is 2.26. The maximum Gasteiger partial charge on any atom is 0.131 e. The van der Waals surface area contributed by atoms with Gasteiger partial charge in [-0.1, -0.05) is 36.7 Å². The zero-order valence-corrected chi connectivity index (χ0v) is 13.5. The summed E-state index contributed by atoms with van der Waals surface area (Å²) in [6.45, 7) is 7.08. The van der Waals surface area contributed by atoms with Gasteiger partial charge in [-0.05, 0) is 24.6 Å². The standard InChI is InChI=1S/C15H19BrFN3/c1-4-7-20-14(18)13(19-15(20)9(2)3)11-8-10(17)5-6-12(11)16/h5-6,8-9H,4,7,18H2,1-3H3. The predicted octanol–water partition coefficient (Wildman–Crippen LogP) is 4.57. The van der Waals surface area contributed by atoms with Gasteiger partial charge in [-0.3, -0.25) is 0 Å². The fourth-order valence-corrected chi connectivity index (χ4v) is 2.69. The van der Waals surface area contributed by atoms with Gasteiger partial charge in [0.25, 0.3) is 0 Å². The third kappa shape index (κ3) is 2.73. The van der Waals surface area contributed by atoms with Gasteiger partial charge >= 0.3 is 0 Å². The van der Waals surface area contributed by atoms with Crippen LogP contribution >= 0.6 is 15.9 Å². The Balaban J connectivity index is 2.63. The average molecular weight is 340 g/mol. The van der Waals surface area contributed by atoms with Crippen molar-refractivity contribution >= 4 is 21.7 Å². The zero-order chi connectivity index (χ0) is 14.9. The van der Waals surface area contributed by atoms with Gasteiger partial charge in [0.2, 0.25) is 0 Å². The Labute approximate surface area is 127 Å². The van der Waals surface area contributed by atoms with Crippen LogP contribution in [-0.4, -0.2) is 9.55 Å². The molecule has 0 saturated heterocycles. The third-order valence-electron chi connectivity index (χ3n) is 3.18. The van der Waals surface area contributed by atoms with E-state index in [2.05, 4.69) is 41.7 Å². The molecule has 2 N–H and O–H groups in total. The molecule has 0 aliphatic rings. The van der Waals surface area contributed by atoms with E-state index in [1.54, 1.807) is 6.07 Å². The van der Waals surface area contributed by atoms with Gasteiger partial charge in [-0.25, -0.2) is 9.37 Å². The Morgan fingerprint density at radius 2 is 2.10 bits per heavy atom. The summed E-state index contributed by atoms with van der Waals surface area (Å²) in [5.41, 5.74) is 7.58. The van der Waals surface area contributed by atoms with Gasteiger partial charge in [0, 0.05) is 22.5 Å². The van der Waals surface area contributed by atoms with Gasteiger partial charge in [0.1, 0.15) is 23.2 Å². The summed E-state index contributed by atoms with van der Waals surface area (Å²) in [5, 5.41) is 0. The number of imidazole rings is 1. The zero-order valence-electron chi connectivity index (χ0n) is 12.0. The molecule has 20 heavy (non-hydrogen) atoms. The van der Waals surface area contributed by atoms with E-state index in [1.807, 2.05) is 4.57 Å². The Bertz CT molecular complexity index is 620. The molecule has 0 saturated carbocycles. The molecule has 0 amide bonds. The molecule has 1 heterocycles. The van der Waals surface area contributed by atoms with E-state index in [4.69, 9.17) is 5.73 Å². The number of hydrogen-bond donors (Lipinski definition) is 1. The summed E-state index contributed by atoms with van der Waals surface area (Å²) in [5.74, 6) is 1.51. The van der Waals surface area contributed by atoms with Crippen LogP contribution < -0.4 is 5.73 Å². The second-order valence-electron chi connectivity index (χ2n) is 5.13. The van der Waals surface area contributed by atoms with E-state index in [0.29, 0.717) is 17.1 Å². The van der Waals surface area contributed by atoms with Crippen LogP contribution in [0.1, 0.15) is 38.9 Å². The molecule has 0 aliphatic carbocycles. The summed E-state index contributed by atoms with van der Waals surface area (Å²) in [6.07, 6.45) is 0.976. The highest BCUT2D eigenvalue weighted by Crippen LogP contribution is 2.34. The van der Waals surface area contributed by atoms with Crippen molar-refractivity contribution in [3.63, 3.8) is 0 Å². The number of aromatic nitrogens is 2. The number of hydrogen-bond acceptors (Lipinski definition) is 2. The summed E-state index contributed by atoms with van der Waals surface area (Å²) >= 11 is 3.44. The van der Waals surface area contributed by atoms with Gasteiger partial charge < -0.3 is 10.3 Å². The van der Waals surface area contributed by atoms with Crippen LogP contribution in [0.3, 0.4) is 0 Å². The number of nitrogens with two attached hydrogens (primary N) is 1. The second-order valence-corrected chi connectivity index (χ2v) is 5.99. The molecule has 1 aromatic carbocycles. The summed E-state index contributed by atoms with van der Waals surface area (Å²) < 4.78 is 16.3. The van der Waals surface area contributed by atoms with Gasteiger partial charge in [0.15, 0.2) is 0 Å². The fraction of sp³-hybridized carbons (Fsp3) is 0.400. The topological polar surface area (TPSA) is 43.8 Å². The van der Waals surface area contributed by atoms with E-state index in [0.717, 1.165) is 23.3 Å². The lowest BCUT2D eigenvalue weighted by Gasteiger charge is -2.10. The minimum absolute atomic E-state index is 0.268. The van der Waals surface area contributed by atoms with Crippen molar-refractivity contribution in [1.82, 2.24) is 9.55 Å². The number of nitrogens with zero attached hydrogens (tertiary/aromatic N) is 2. The molecule has 0 spiro atoms. The molecule has 0 radical (unpaired) electrons. The molecule has 0 fully saturated rings. The largest absolute Gasteiger partial charge is 0.383 e. The second kappa shape index (κ2) is 5.95. The smallest absolute Gasteiger partial charge is 0.131 e. The average Bonchev–Trinajstić information content (AvgIpc) is 2.71. The number of halogens is 2. The monoisotopic (exact) mass is 339 g/mol. The van der Waals surface area contributed by atoms with Crippen LogP contribution in [-0.2, 0) is 6.54 Å². The van der Waals surface area contributed by atoms with Crippen molar-refractivity contribution in [2.45, 2.75) is 39.7 Å². The Hall–Kier alpha value is -1.36. The molecular formula is C15H19BrFN3. The SMILES string of the molecule is CCCn1c(C(C)C)nc(-c2cc(F)ccc2Br)c1N. The van der Waals surface area contributed by atoms with Crippen molar-refractivity contribution < 1.29 is 4.39 Å². The van der Waals surface area contributed by atoms with Crippen LogP contribution in [0.15, 0.2) is 22.7 Å². The van der Waals surface area contributed by atoms with E-state index in [-0.39, 0.29) is 11.7 Å². The molecule has 1 aromatic heterocycles. The Morgan fingerprint density at radius 1 is 1.40 bits per heavy atom. The molecule has 0 atom stereocenters. The van der Waals surface area contributed by atoms with Crippen molar-refractivity contribution in [2.75, 3.05) is 5.73 Å². The molecule has 0 bridgehead atoms. The summed E-state index contributed by atoms with van der Waals surface area (Å²) in [7, 11) is 0. The highest BCUT2D eigenvalue weighted by Gasteiger charge is 2.19. The first-order valence-corrected chi connectivity index (χ1v) is 7.56. The minimum atomic E-state index is -0.293. The molecule has 2 rings (SSSR count). The first kappa shape index (κ1) is 15.0. The van der Waals surface area contributed by atoms with E-state index < -0.39 is 0 Å². The first-order valence-electron chi connectivity index (χ1n) is 6.77. The van der Waals surface area contributed by atoms with E-state index >= 15 is 0 Å². The lowest BCUT2D eigenvalue weighted by atomic mass is 10.1. The Morgan fingerprint density at radius 3 is 2.70 bits per heavy atom. The summed E-state index contributed by atoms with van der Waals surface area (Å²) in [6, 6.07) is 4.55. The molecule has 5 heteroatoms. The van der Waals surface area contributed by atoms with Crippen molar-refractivity contribution in [1.29, 1.82) is 0 Å². The molecule has 0 unspecified atom stereocenters. The van der Waals surface area contributed by atoms with Crippen LogP contribution in [0.25, 0.3) is 11.3 Å². The van der Waals surface area contributed by atoms with Crippen molar-refractivity contribution in [3.05, 3.63) is 34.3 Å². The predicted molar refractivity (Wildman–Crippen MR) is 84.1 cm³/mol. The number of benzene rings is 1. The lowest BCUT2D eigenvalue weighted by Crippen LogP contribution is -2.08. The minimum Gasteiger partial charge on any atom is -0.383 e. The van der Waals surface area contributed by atoms with Gasteiger partial charge in [-0.15, -0.1) is 0 Å². The number of nitrogen functional groups attached to an aromatic ring is 1. The highest BCUT2D eigenvalue weighted by molar-refractivity contribution is 9.10. The quantitative estimate of drug-likeness (QED) is 0.886. The number of anilines is 1. The van der Waals surface area contributed by atoms with Crippen molar-refractivity contribution in [3.8, 4) is 11.3 Å². The van der Waals surface area contributed by atoms with Gasteiger partial charge in [-0.2, -0.15) is 0 Å². The lowest BCUT2D eigenvalue weighted by molar-refractivity contribution is 0.616. The van der Waals surface area contributed by atoms with Crippen LogP contribution in [0.2, 0.25) is 0 Å². The van der Waals surface area contributed by atoms with Crippen LogP contribution in [0.5, 0.6) is 0 Å². The molecule has 3 nitrogen and oxygen atoms in total. The maximum absolute atomic E-state index is 13.5. The van der Waals surface area contributed by atoms with E-state index in [1.165, 1.54) is 12.1 Å².